The number of benzene rings is 2. The zero-order valence-electron chi connectivity index (χ0n) is 20.5. The van der Waals surface area contributed by atoms with Gasteiger partial charge in [-0.2, -0.15) is 0 Å². The van der Waals surface area contributed by atoms with Crippen molar-refractivity contribution >= 4 is 40.9 Å². The van der Waals surface area contributed by atoms with Gasteiger partial charge in [0.25, 0.3) is 0 Å². The molecule has 1 saturated carbocycles. The molecule has 4 aliphatic rings. The highest BCUT2D eigenvalue weighted by molar-refractivity contribution is 6.31. The third kappa shape index (κ3) is 3.20. The standard InChI is InChI=1S/C28H24ClFN2O6/c1-28-18(26(36)32(27(28)37)12-3-8-20(30)19(29)9-12)11-17-14(6-7-16-22(17)25(35)31-24(16)34)23(28)15-5-4-13(33)10-21(15)38-2/h3-6,8-10,16-18,22-23,33H,7,11H2,1-2H3,(H,31,34,35)/t16-,17+,18-,22-,23+,28+/m0/s1. The van der Waals surface area contributed by atoms with Crippen molar-refractivity contribution < 1.29 is 33.4 Å². The molecule has 2 aromatic carbocycles. The Morgan fingerprint density at radius 3 is 2.58 bits per heavy atom. The van der Waals surface area contributed by atoms with Crippen molar-refractivity contribution in [2.75, 3.05) is 12.0 Å². The molecule has 2 heterocycles. The number of phenols is 1. The van der Waals surface area contributed by atoms with Crippen molar-refractivity contribution in [2.24, 2.45) is 29.1 Å². The van der Waals surface area contributed by atoms with Crippen LogP contribution in [-0.4, -0.2) is 35.8 Å². The molecule has 2 N–H and O–H groups in total. The lowest BCUT2D eigenvalue weighted by atomic mass is 9.51. The fourth-order valence-corrected chi connectivity index (χ4v) is 7.25. The number of phenolic OH excluding ortho intramolecular Hbond substituents is 1. The normalized spacial score (nSPS) is 31.9. The van der Waals surface area contributed by atoms with Crippen LogP contribution < -0.4 is 15.0 Å². The predicted octanol–water partition coefficient (Wildman–Crippen LogP) is 3.71. The van der Waals surface area contributed by atoms with Crippen molar-refractivity contribution in [1.82, 2.24) is 5.32 Å². The monoisotopic (exact) mass is 538 g/mol. The number of ether oxygens (including phenoxy) is 1. The first kappa shape index (κ1) is 24.6. The van der Waals surface area contributed by atoms with E-state index in [0.717, 1.165) is 16.5 Å². The molecule has 0 bridgehead atoms. The number of nitrogens with zero attached hydrogens (tertiary/aromatic N) is 1. The number of carbonyl (C=O) groups is 4. The highest BCUT2D eigenvalue weighted by atomic mass is 35.5. The summed E-state index contributed by atoms with van der Waals surface area (Å²) in [7, 11) is 1.45. The average Bonchev–Trinajstić information content (AvgIpc) is 3.28. The molecule has 2 aromatic rings. The molecule has 8 nitrogen and oxygen atoms in total. The first-order valence-electron chi connectivity index (χ1n) is 12.3. The number of hydrogen-bond donors (Lipinski definition) is 2. The maximum absolute atomic E-state index is 14.3. The van der Waals surface area contributed by atoms with Crippen LogP contribution in [-0.2, 0) is 19.2 Å². The third-order valence-electron chi connectivity index (χ3n) is 8.81. The number of fused-ring (bicyclic) bond motifs is 4. The lowest BCUT2D eigenvalue weighted by Gasteiger charge is -2.49. The van der Waals surface area contributed by atoms with Crippen LogP contribution >= 0.6 is 11.6 Å². The molecule has 10 heteroatoms. The number of hydrogen-bond acceptors (Lipinski definition) is 6. The van der Waals surface area contributed by atoms with Gasteiger partial charge in [0.2, 0.25) is 23.6 Å². The fourth-order valence-electron chi connectivity index (χ4n) is 7.08. The summed E-state index contributed by atoms with van der Waals surface area (Å²) in [4.78, 5) is 54.7. The molecular formula is C28H24ClFN2O6. The molecule has 2 saturated heterocycles. The van der Waals surface area contributed by atoms with Gasteiger partial charge in [-0.3, -0.25) is 24.5 Å². The van der Waals surface area contributed by atoms with Crippen molar-refractivity contribution in [3.63, 3.8) is 0 Å². The second-order valence-electron chi connectivity index (χ2n) is 10.5. The van der Waals surface area contributed by atoms with Crippen LogP contribution in [0.15, 0.2) is 48.0 Å². The summed E-state index contributed by atoms with van der Waals surface area (Å²) in [5.74, 6) is -5.25. The van der Waals surface area contributed by atoms with Gasteiger partial charge >= 0.3 is 0 Å². The number of imide groups is 2. The average molecular weight is 539 g/mol. The van der Waals surface area contributed by atoms with E-state index in [0.29, 0.717) is 17.7 Å². The second-order valence-corrected chi connectivity index (χ2v) is 10.9. The number of nitrogens with one attached hydrogen (secondary N) is 1. The largest absolute Gasteiger partial charge is 0.508 e. The zero-order valence-corrected chi connectivity index (χ0v) is 21.3. The fraction of sp³-hybridized carbons (Fsp3) is 0.357. The third-order valence-corrected chi connectivity index (χ3v) is 9.10. The minimum atomic E-state index is -1.30. The first-order chi connectivity index (χ1) is 18.1. The van der Waals surface area contributed by atoms with E-state index in [1.165, 1.54) is 31.4 Å². The van der Waals surface area contributed by atoms with E-state index in [2.05, 4.69) is 5.32 Å². The van der Waals surface area contributed by atoms with E-state index in [-0.39, 0.29) is 34.7 Å². The topological polar surface area (TPSA) is 113 Å². The van der Waals surface area contributed by atoms with E-state index in [1.54, 1.807) is 13.0 Å². The summed E-state index contributed by atoms with van der Waals surface area (Å²) >= 11 is 5.99. The Hall–Kier alpha value is -3.72. The second kappa shape index (κ2) is 8.39. The van der Waals surface area contributed by atoms with Crippen LogP contribution in [0.2, 0.25) is 5.02 Å². The Kier molecular flexibility index (Phi) is 5.43. The minimum Gasteiger partial charge on any atom is -0.508 e. The Bertz CT molecular complexity index is 1470. The highest BCUT2D eigenvalue weighted by Crippen LogP contribution is 2.64. The van der Waals surface area contributed by atoms with Crippen LogP contribution in [0.25, 0.3) is 0 Å². The lowest BCUT2D eigenvalue weighted by Crippen LogP contribution is -2.48. The van der Waals surface area contributed by atoms with Crippen molar-refractivity contribution in [3.05, 3.63) is 64.5 Å². The summed E-state index contributed by atoms with van der Waals surface area (Å²) < 4.78 is 19.5. The summed E-state index contributed by atoms with van der Waals surface area (Å²) in [5, 5.41) is 12.3. The van der Waals surface area contributed by atoms with Gasteiger partial charge in [0, 0.05) is 17.5 Å². The molecule has 0 radical (unpaired) electrons. The Morgan fingerprint density at radius 2 is 1.87 bits per heavy atom. The number of carbonyl (C=O) groups excluding carboxylic acids is 4. The molecular weight excluding hydrogens is 515 g/mol. The van der Waals surface area contributed by atoms with Crippen molar-refractivity contribution in [2.45, 2.75) is 25.7 Å². The molecule has 0 aromatic heterocycles. The highest BCUT2D eigenvalue weighted by Gasteiger charge is 2.67. The Labute approximate surface area is 222 Å². The summed E-state index contributed by atoms with van der Waals surface area (Å²) in [6.45, 7) is 1.73. The van der Waals surface area contributed by atoms with E-state index in [4.69, 9.17) is 16.3 Å². The van der Waals surface area contributed by atoms with Crippen LogP contribution in [0, 0.1) is 34.9 Å². The summed E-state index contributed by atoms with van der Waals surface area (Å²) in [5.41, 5.74) is 0.231. The first-order valence-corrected chi connectivity index (χ1v) is 12.7. The molecule has 196 valence electrons. The summed E-state index contributed by atoms with van der Waals surface area (Å²) in [6, 6.07) is 8.26. The molecule has 38 heavy (non-hydrogen) atoms. The van der Waals surface area contributed by atoms with Crippen molar-refractivity contribution in [3.8, 4) is 11.5 Å². The van der Waals surface area contributed by atoms with Gasteiger partial charge in [-0.05, 0) is 49.9 Å². The quantitative estimate of drug-likeness (QED) is 0.455. The maximum Gasteiger partial charge on any atom is 0.241 e. The molecule has 4 amide bonds. The predicted molar refractivity (Wildman–Crippen MR) is 134 cm³/mol. The van der Waals surface area contributed by atoms with E-state index in [9.17, 15) is 28.7 Å². The zero-order chi connectivity index (χ0) is 27.1. The number of allylic oxidation sites excluding steroid dienone is 2. The molecule has 2 aliphatic heterocycles. The summed E-state index contributed by atoms with van der Waals surface area (Å²) in [6.07, 6.45) is 2.43. The van der Waals surface area contributed by atoms with Crippen LogP contribution in [0.3, 0.4) is 0 Å². The number of methoxy groups -OCH3 is 1. The molecule has 2 aliphatic carbocycles. The van der Waals surface area contributed by atoms with E-state index in [1.807, 2.05) is 6.08 Å². The van der Waals surface area contributed by atoms with Crippen LogP contribution in [0.1, 0.15) is 31.2 Å². The smallest absolute Gasteiger partial charge is 0.241 e. The minimum absolute atomic E-state index is 0.0328. The van der Waals surface area contributed by atoms with Gasteiger partial charge in [0.05, 0.1) is 41.0 Å². The van der Waals surface area contributed by atoms with Gasteiger partial charge in [-0.15, -0.1) is 0 Å². The Balaban J connectivity index is 1.56. The van der Waals surface area contributed by atoms with Crippen LogP contribution in [0.5, 0.6) is 11.5 Å². The Morgan fingerprint density at radius 1 is 1.11 bits per heavy atom. The number of amides is 4. The van der Waals surface area contributed by atoms with Gasteiger partial charge in [-0.1, -0.05) is 29.3 Å². The molecule has 3 fully saturated rings. The van der Waals surface area contributed by atoms with Gasteiger partial charge in [0.1, 0.15) is 17.3 Å². The molecule has 6 atom stereocenters. The molecule has 0 spiro atoms. The van der Waals surface area contributed by atoms with E-state index < -0.39 is 52.6 Å². The SMILES string of the molecule is COc1cc(O)ccc1[C@H]1C2=CC[C@@H]3C(=O)NC(=O)[C@@H]3[C@@H]2C[C@H]2C(=O)N(c3ccc(F)c(Cl)c3)C(=O)[C@@]12C. The maximum atomic E-state index is 14.3. The molecule has 0 unspecified atom stereocenters. The van der Waals surface area contributed by atoms with Gasteiger partial charge < -0.3 is 9.84 Å². The van der Waals surface area contributed by atoms with E-state index >= 15 is 0 Å². The van der Waals surface area contributed by atoms with Gasteiger partial charge in [-0.25, -0.2) is 9.29 Å². The van der Waals surface area contributed by atoms with Crippen LogP contribution in [0.4, 0.5) is 10.1 Å². The number of rotatable bonds is 3. The molecule has 6 rings (SSSR count). The lowest BCUT2D eigenvalue weighted by molar-refractivity contribution is -0.131. The van der Waals surface area contributed by atoms with Crippen molar-refractivity contribution in [1.29, 1.82) is 0 Å². The number of aromatic hydroxyl groups is 1. The number of anilines is 1. The van der Waals surface area contributed by atoms with Gasteiger partial charge in [0.15, 0.2) is 0 Å². The number of halogens is 2.